The Kier molecular flexibility index (Phi) is 3.87. The Bertz CT molecular complexity index is 531. The van der Waals surface area contributed by atoms with E-state index in [4.69, 9.17) is 0 Å². The lowest BCUT2D eigenvalue weighted by molar-refractivity contribution is 0.112. The second-order valence-corrected chi connectivity index (χ2v) is 4.17. The Morgan fingerprint density at radius 2 is 2.06 bits per heavy atom. The van der Waals surface area contributed by atoms with E-state index in [1.807, 2.05) is 0 Å². The zero-order valence-corrected chi connectivity index (χ0v) is 10.3. The summed E-state index contributed by atoms with van der Waals surface area (Å²) in [6.07, 6.45) is 4.61. The maximum absolute atomic E-state index is 12.9. The van der Waals surface area contributed by atoms with Gasteiger partial charge in [-0.05, 0) is 30.7 Å². The molecule has 0 saturated heterocycles. The molecule has 2 aromatic rings. The lowest BCUT2D eigenvalue weighted by Crippen LogP contribution is -1.97. The first-order valence-electron chi connectivity index (χ1n) is 6.03. The number of aldehydes is 1. The van der Waals surface area contributed by atoms with Gasteiger partial charge in [0.1, 0.15) is 11.5 Å². The highest BCUT2D eigenvalue weighted by Crippen LogP contribution is 2.21. The van der Waals surface area contributed by atoms with E-state index < -0.39 is 0 Å². The normalized spacial score (nSPS) is 10.6. The van der Waals surface area contributed by atoms with Crippen molar-refractivity contribution in [1.29, 1.82) is 0 Å². The van der Waals surface area contributed by atoms with Crippen LogP contribution in [0.4, 0.5) is 4.39 Å². The average molecular weight is 246 g/mol. The average Bonchev–Trinajstić information content (AvgIpc) is 2.80. The quantitative estimate of drug-likeness (QED) is 0.759. The van der Waals surface area contributed by atoms with Crippen LogP contribution in [0.1, 0.15) is 30.1 Å². The van der Waals surface area contributed by atoms with Crippen LogP contribution in [-0.4, -0.2) is 16.1 Å². The van der Waals surface area contributed by atoms with Gasteiger partial charge in [0, 0.05) is 18.3 Å². The molecule has 0 aliphatic heterocycles. The van der Waals surface area contributed by atoms with Gasteiger partial charge < -0.3 is 0 Å². The van der Waals surface area contributed by atoms with Crippen LogP contribution in [0, 0.1) is 5.82 Å². The van der Waals surface area contributed by atoms with Crippen LogP contribution in [0.25, 0.3) is 11.3 Å². The smallest absolute Gasteiger partial charge is 0.153 e. The summed E-state index contributed by atoms with van der Waals surface area (Å²) in [5.41, 5.74) is 1.91. The van der Waals surface area contributed by atoms with Crippen molar-refractivity contribution in [3.05, 3.63) is 41.8 Å². The molecule has 1 aromatic heterocycles. The van der Waals surface area contributed by atoms with E-state index in [1.54, 1.807) is 23.0 Å². The Morgan fingerprint density at radius 3 is 2.67 bits per heavy atom. The summed E-state index contributed by atoms with van der Waals surface area (Å²) in [6, 6.07) is 6.01. The number of aryl methyl sites for hydroxylation is 1. The molecule has 0 N–H and O–H groups in total. The van der Waals surface area contributed by atoms with Crippen LogP contribution >= 0.6 is 0 Å². The zero-order chi connectivity index (χ0) is 13.0. The zero-order valence-electron chi connectivity index (χ0n) is 10.3. The minimum absolute atomic E-state index is 0.295. The maximum atomic E-state index is 12.9. The van der Waals surface area contributed by atoms with Gasteiger partial charge in [0.15, 0.2) is 6.29 Å². The number of hydrogen-bond donors (Lipinski definition) is 0. The highest BCUT2D eigenvalue weighted by Gasteiger charge is 2.10. The Labute approximate surface area is 105 Å². The number of unbranched alkanes of at least 4 members (excludes halogenated alkanes) is 1. The van der Waals surface area contributed by atoms with Crippen LogP contribution in [0.3, 0.4) is 0 Å². The molecule has 0 amide bonds. The fourth-order valence-corrected chi connectivity index (χ4v) is 1.79. The monoisotopic (exact) mass is 246 g/mol. The van der Waals surface area contributed by atoms with Crippen molar-refractivity contribution in [2.45, 2.75) is 26.3 Å². The molecule has 1 heterocycles. The summed E-state index contributed by atoms with van der Waals surface area (Å²) in [4.78, 5) is 11.0. The van der Waals surface area contributed by atoms with Crippen LogP contribution in [0.15, 0.2) is 30.5 Å². The number of rotatable bonds is 5. The number of nitrogens with zero attached hydrogens (tertiary/aromatic N) is 2. The molecule has 0 aliphatic rings. The lowest BCUT2D eigenvalue weighted by atomic mass is 10.1. The van der Waals surface area contributed by atoms with Crippen molar-refractivity contribution in [2.24, 2.45) is 0 Å². The van der Waals surface area contributed by atoms with Gasteiger partial charge in [-0.25, -0.2) is 4.39 Å². The molecule has 0 radical (unpaired) electrons. The molecule has 0 unspecified atom stereocenters. The van der Waals surface area contributed by atoms with E-state index in [0.717, 1.165) is 31.2 Å². The van der Waals surface area contributed by atoms with Crippen LogP contribution in [0.2, 0.25) is 0 Å². The molecule has 18 heavy (non-hydrogen) atoms. The van der Waals surface area contributed by atoms with Crippen molar-refractivity contribution in [1.82, 2.24) is 9.78 Å². The predicted molar refractivity (Wildman–Crippen MR) is 67.9 cm³/mol. The summed E-state index contributed by atoms with van der Waals surface area (Å²) in [7, 11) is 0. The number of benzene rings is 1. The summed E-state index contributed by atoms with van der Waals surface area (Å²) in [5.74, 6) is -0.295. The maximum Gasteiger partial charge on any atom is 0.153 e. The molecule has 1 aromatic carbocycles. The van der Waals surface area contributed by atoms with Crippen molar-refractivity contribution in [3.8, 4) is 11.3 Å². The van der Waals surface area contributed by atoms with Gasteiger partial charge in [-0.2, -0.15) is 5.10 Å². The number of hydrogen-bond acceptors (Lipinski definition) is 2. The summed E-state index contributed by atoms with van der Waals surface area (Å²) < 4.78 is 14.6. The van der Waals surface area contributed by atoms with Crippen molar-refractivity contribution in [2.75, 3.05) is 0 Å². The highest BCUT2D eigenvalue weighted by molar-refractivity contribution is 5.85. The predicted octanol–water partition coefficient (Wildman–Crippen LogP) is 3.30. The second-order valence-electron chi connectivity index (χ2n) is 4.17. The molecule has 0 aliphatic carbocycles. The molecule has 3 nitrogen and oxygen atoms in total. The standard InChI is InChI=1S/C14H15FN2O/c1-2-3-8-17-9-12(10-18)14(16-17)11-4-6-13(15)7-5-11/h4-7,9-10H,2-3,8H2,1H3. The lowest BCUT2D eigenvalue weighted by Gasteiger charge is -1.99. The number of halogens is 1. The van der Waals surface area contributed by atoms with Gasteiger partial charge in [-0.3, -0.25) is 9.48 Å². The van der Waals surface area contributed by atoms with Crippen LogP contribution in [-0.2, 0) is 6.54 Å². The van der Waals surface area contributed by atoms with Crippen molar-refractivity contribution < 1.29 is 9.18 Å². The van der Waals surface area contributed by atoms with Crippen molar-refractivity contribution in [3.63, 3.8) is 0 Å². The minimum atomic E-state index is -0.295. The molecular weight excluding hydrogens is 231 g/mol. The minimum Gasteiger partial charge on any atom is -0.298 e. The van der Waals surface area contributed by atoms with Crippen LogP contribution < -0.4 is 0 Å². The summed E-state index contributed by atoms with van der Waals surface area (Å²) >= 11 is 0. The first-order valence-corrected chi connectivity index (χ1v) is 6.03. The van der Waals surface area contributed by atoms with E-state index in [2.05, 4.69) is 12.0 Å². The summed E-state index contributed by atoms with van der Waals surface area (Å²) in [5, 5.41) is 4.38. The van der Waals surface area contributed by atoms with Crippen molar-refractivity contribution >= 4 is 6.29 Å². The number of aromatic nitrogens is 2. The van der Waals surface area contributed by atoms with Gasteiger partial charge in [-0.1, -0.05) is 13.3 Å². The van der Waals surface area contributed by atoms with Gasteiger partial charge >= 0.3 is 0 Å². The van der Waals surface area contributed by atoms with Gasteiger partial charge in [0.2, 0.25) is 0 Å². The topological polar surface area (TPSA) is 34.9 Å². The van der Waals surface area contributed by atoms with E-state index in [1.165, 1.54) is 12.1 Å². The fourth-order valence-electron chi connectivity index (χ4n) is 1.79. The number of carbonyl (C=O) groups excluding carboxylic acids is 1. The first-order chi connectivity index (χ1) is 8.74. The largest absolute Gasteiger partial charge is 0.298 e. The van der Waals surface area contributed by atoms with E-state index in [-0.39, 0.29) is 5.82 Å². The molecule has 0 atom stereocenters. The Balaban J connectivity index is 2.33. The van der Waals surface area contributed by atoms with Gasteiger partial charge in [0.05, 0.1) is 5.56 Å². The second kappa shape index (κ2) is 5.58. The van der Waals surface area contributed by atoms with Gasteiger partial charge in [-0.15, -0.1) is 0 Å². The molecular formula is C14H15FN2O. The Hall–Kier alpha value is -1.97. The molecule has 0 saturated carbocycles. The highest BCUT2D eigenvalue weighted by atomic mass is 19.1. The van der Waals surface area contributed by atoms with E-state index in [0.29, 0.717) is 11.3 Å². The third-order valence-corrected chi connectivity index (χ3v) is 2.78. The third kappa shape index (κ3) is 2.64. The first kappa shape index (κ1) is 12.5. The Morgan fingerprint density at radius 1 is 1.33 bits per heavy atom. The molecule has 4 heteroatoms. The van der Waals surface area contributed by atoms with Crippen LogP contribution in [0.5, 0.6) is 0 Å². The van der Waals surface area contributed by atoms with Gasteiger partial charge in [0.25, 0.3) is 0 Å². The molecule has 0 spiro atoms. The molecule has 2 rings (SSSR count). The molecule has 0 fully saturated rings. The molecule has 0 bridgehead atoms. The SMILES string of the molecule is CCCCn1cc(C=O)c(-c2ccc(F)cc2)n1. The molecule has 94 valence electrons. The van der Waals surface area contributed by atoms with E-state index >= 15 is 0 Å². The number of carbonyl (C=O) groups is 1. The van der Waals surface area contributed by atoms with E-state index in [9.17, 15) is 9.18 Å². The third-order valence-electron chi connectivity index (χ3n) is 2.78. The summed E-state index contributed by atoms with van der Waals surface area (Å²) in [6.45, 7) is 2.89. The fraction of sp³-hybridized carbons (Fsp3) is 0.286.